The fourth-order valence-electron chi connectivity index (χ4n) is 8.54. The Bertz CT molecular complexity index is 3240. The van der Waals surface area contributed by atoms with Crippen molar-refractivity contribution in [2.75, 3.05) is 4.90 Å². The van der Waals surface area contributed by atoms with Gasteiger partial charge in [-0.1, -0.05) is 127 Å². The number of aryl methyl sites for hydroxylation is 1. The van der Waals surface area contributed by atoms with Gasteiger partial charge in [0.2, 0.25) is 0 Å². The number of nitrogens with zero attached hydrogens (tertiary/aromatic N) is 4. The van der Waals surface area contributed by atoms with Gasteiger partial charge in [0.15, 0.2) is 0 Å². The zero-order valence-electron chi connectivity index (χ0n) is 31.3. The summed E-state index contributed by atoms with van der Waals surface area (Å²) in [6.45, 7) is 2.17. The Kier molecular flexibility index (Phi) is 7.68. The molecule has 0 saturated heterocycles. The van der Waals surface area contributed by atoms with E-state index in [0.29, 0.717) is 0 Å². The molecule has 57 heavy (non-hydrogen) atoms. The number of fused-ring (bicyclic) bond motifs is 9. The van der Waals surface area contributed by atoms with Gasteiger partial charge in [0, 0.05) is 49.9 Å². The first-order chi connectivity index (χ1) is 28.2. The normalized spacial score (nSPS) is 11.6. The maximum absolute atomic E-state index is 5.23. The fraction of sp³-hybridized carbons (Fsp3) is 0.0189. The van der Waals surface area contributed by atoms with Crippen molar-refractivity contribution in [1.82, 2.24) is 14.5 Å². The number of hydrogen-bond donors (Lipinski definition) is 0. The lowest BCUT2D eigenvalue weighted by molar-refractivity contribution is 1.18. The van der Waals surface area contributed by atoms with Gasteiger partial charge in [-0.3, -0.25) is 4.98 Å². The van der Waals surface area contributed by atoms with E-state index < -0.39 is 0 Å². The van der Waals surface area contributed by atoms with Crippen molar-refractivity contribution >= 4 is 71.4 Å². The first-order valence-corrected chi connectivity index (χ1v) is 19.4. The molecule has 0 aliphatic heterocycles. The number of para-hydroxylation sites is 2. The van der Waals surface area contributed by atoms with E-state index in [2.05, 4.69) is 211 Å². The number of anilines is 3. The standard InChI is InChI=1S/C53H36N4/c1-35-20-30-50-47(32-35)48-33-38(25-31-51(48)57(50)40-14-6-3-7-15-40)36-21-26-41(27-22-36)56(39-12-4-2-5-13-39)42-28-23-37(24-29-42)49-34-54-52-45-18-10-8-16-43(45)44-17-9-11-19-46(44)53(52)55-49/h2-34H,1H3. The van der Waals surface area contributed by atoms with Crippen molar-refractivity contribution in [2.24, 2.45) is 0 Å². The highest BCUT2D eigenvalue weighted by Gasteiger charge is 2.17. The summed E-state index contributed by atoms with van der Waals surface area (Å²) >= 11 is 0. The van der Waals surface area contributed by atoms with Crippen LogP contribution in [0.3, 0.4) is 0 Å². The van der Waals surface area contributed by atoms with Gasteiger partial charge in [-0.25, -0.2) is 4.98 Å². The summed E-state index contributed by atoms with van der Waals surface area (Å²) < 4.78 is 2.37. The molecule has 0 amide bonds. The largest absolute Gasteiger partial charge is 0.311 e. The first kappa shape index (κ1) is 32.8. The van der Waals surface area contributed by atoms with Gasteiger partial charge in [-0.15, -0.1) is 0 Å². The van der Waals surface area contributed by atoms with Crippen LogP contribution in [0.1, 0.15) is 5.56 Å². The maximum Gasteiger partial charge on any atom is 0.0979 e. The van der Waals surface area contributed by atoms with Crippen molar-refractivity contribution in [3.63, 3.8) is 0 Å². The molecule has 0 unspecified atom stereocenters. The lowest BCUT2D eigenvalue weighted by Crippen LogP contribution is -2.09. The van der Waals surface area contributed by atoms with Gasteiger partial charge in [0.25, 0.3) is 0 Å². The van der Waals surface area contributed by atoms with Gasteiger partial charge >= 0.3 is 0 Å². The highest BCUT2D eigenvalue weighted by atomic mass is 15.1. The smallest absolute Gasteiger partial charge is 0.0979 e. The third-order valence-electron chi connectivity index (χ3n) is 11.3. The molecule has 0 fully saturated rings. The van der Waals surface area contributed by atoms with Crippen molar-refractivity contribution in [2.45, 2.75) is 6.92 Å². The van der Waals surface area contributed by atoms with Crippen molar-refractivity contribution in [1.29, 1.82) is 0 Å². The molecule has 0 aliphatic rings. The average molecular weight is 729 g/mol. The summed E-state index contributed by atoms with van der Waals surface area (Å²) in [5.74, 6) is 0. The second-order valence-corrected chi connectivity index (χ2v) is 14.7. The zero-order chi connectivity index (χ0) is 37.9. The van der Waals surface area contributed by atoms with E-state index in [-0.39, 0.29) is 0 Å². The minimum Gasteiger partial charge on any atom is -0.311 e. The Morgan fingerprint density at radius 1 is 0.404 bits per heavy atom. The lowest BCUT2D eigenvalue weighted by Gasteiger charge is -2.26. The second kappa shape index (κ2) is 13.3. The molecule has 0 saturated carbocycles. The van der Waals surface area contributed by atoms with Crippen molar-refractivity contribution in [3.8, 4) is 28.1 Å². The fourth-order valence-corrected chi connectivity index (χ4v) is 8.54. The minimum atomic E-state index is 0.851. The molecule has 11 aromatic rings. The molecule has 11 rings (SSSR count). The van der Waals surface area contributed by atoms with E-state index in [4.69, 9.17) is 9.97 Å². The average Bonchev–Trinajstić information content (AvgIpc) is 3.60. The van der Waals surface area contributed by atoms with Crippen LogP contribution in [0.4, 0.5) is 17.1 Å². The second-order valence-electron chi connectivity index (χ2n) is 14.7. The third kappa shape index (κ3) is 5.53. The Morgan fingerprint density at radius 3 is 1.58 bits per heavy atom. The molecule has 268 valence electrons. The molecule has 0 N–H and O–H groups in total. The number of aromatic nitrogens is 3. The molecule has 2 aromatic heterocycles. The summed E-state index contributed by atoms with van der Waals surface area (Å²) in [5.41, 5.74) is 14.2. The van der Waals surface area contributed by atoms with Crippen molar-refractivity contribution in [3.05, 3.63) is 206 Å². The van der Waals surface area contributed by atoms with Crippen LogP contribution in [0.15, 0.2) is 200 Å². The van der Waals surface area contributed by atoms with E-state index >= 15 is 0 Å². The SMILES string of the molecule is Cc1ccc2c(c1)c1cc(-c3ccc(N(c4ccccc4)c4ccc(-c5cnc6c7ccccc7c7ccccc7c6n5)cc4)cc3)ccc1n2-c1ccccc1. The minimum absolute atomic E-state index is 0.851. The first-order valence-electron chi connectivity index (χ1n) is 19.4. The number of rotatable bonds is 6. The van der Waals surface area contributed by atoms with E-state index in [1.807, 2.05) is 6.20 Å². The predicted octanol–water partition coefficient (Wildman–Crippen LogP) is 14.1. The summed E-state index contributed by atoms with van der Waals surface area (Å²) in [6, 6.07) is 69.4. The Morgan fingerprint density at radius 2 is 0.912 bits per heavy atom. The van der Waals surface area contributed by atoms with Crippen LogP contribution < -0.4 is 4.90 Å². The predicted molar refractivity (Wildman–Crippen MR) is 239 cm³/mol. The van der Waals surface area contributed by atoms with Gasteiger partial charge in [-0.2, -0.15) is 0 Å². The Hall–Kier alpha value is -7.56. The van der Waals surface area contributed by atoms with Crippen LogP contribution in [-0.2, 0) is 0 Å². The van der Waals surface area contributed by atoms with Crippen LogP contribution in [0.25, 0.3) is 82.5 Å². The Balaban J connectivity index is 0.960. The molecular formula is C53H36N4. The van der Waals surface area contributed by atoms with Crippen LogP contribution in [0.5, 0.6) is 0 Å². The molecule has 0 aliphatic carbocycles. The molecule has 2 heterocycles. The molecule has 9 aromatic carbocycles. The lowest BCUT2D eigenvalue weighted by atomic mass is 9.99. The molecular weight excluding hydrogens is 693 g/mol. The summed E-state index contributed by atoms with van der Waals surface area (Å²) in [7, 11) is 0. The van der Waals surface area contributed by atoms with Gasteiger partial charge in [0.05, 0.1) is 34.0 Å². The number of hydrogen-bond acceptors (Lipinski definition) is 3. The highest BCUT2D eigenvalue weighted by molar-refractivity contribution is 6.23. The van der Waals surface area contributed by atoms with Gasteiger partial charge < -0.3 is 9.47 Å². The molecule has 0 atom stereocenters. The maximum atomic E-state index is 5.23. The Labute approximate surface area is 330 Å². The molecule has 0 radical (unpaired) electrons. The quantitative estimate of drug-likeness (QED) is 0.160. The van der Waals surface area contributed by atoms with Crippen molar-refractivity contribution < 1.29 is 0 Å². The molecule has 4 nitrogen and oxygen atoms in total. The molecule has 4 heteroatoms. The van der Waals surface area contributed by atoms with E-state index in [1.165, 1.54) is 55.0 Å². The summed E-state index contributed by atoms with van der Waals surface area (Å²) in [4.78, 5) is 12.5. The molecule has 0 bridgehead atoms. The van der Waals surface area contributed by atoms with E-state index in [0.717, 1.165) is 50.1 Å². The summed E-state index contributed by atoms with van der Waals surface area (Å²) in [6.07, 6.45) is 1.91. The number of benzene rings is 9. The molecule has 0 spiro atoms. The van der Waals surface area contributed by atoms with Crippen LogP contribution in [0.2, 0.25) is 0 Å². The van der Waals surface area contributed by atoms with Crippen LogP contribution >= 0.6 is 0 Å². The third-order valence-corrected chi connectivity index (χ3v) is 11.3. The monoisotopic (exact) mass is 728 g/mol. The zero-order valence-corrected chi connectivity index (χ0v) is 31.3. The van der Waals surface area contributed by atoms with E-state index in [1.54, 1.807) is 0 Å². The summed E-state index contributed by atoms with van der Waals surface area (Å²) in [5, 5.41) is 7.15. The van der Waals surface area contributed by atoms with Crippen LogP contribution in [-0.4, -0.2) is 14.5 Å². The van der Waals surface area contributed by atoms with Gasteiger partial charge in [0.1, 0.15) is 0 Å². The van der Waals surface area contributed by atoms with Crippen LogP contribution in [0, 0.1) is 6.92 Å². The van der Waals surface area contributed by atoms with Gasteiger partial charge in [-0.05, 0) is 102 Å². The van der Waals surface area contributed by atoms with E-state index in [9.17, 15) is 0 Å². The topological polar surface area (TPSA) is 34.0 Å². The highest BCUT2D eigenvalue weighted by Crippen LogP contribution is 2.39.